The molecule has 2 heterocycles. The highest BCUT2D eigenvalue weighted by Crippen LogP contribution is 2.24. The molecule has 0 fully saturated rings. The second kappa shape index (κ2) is 7.75. The summed E-state index contributed by atoms with van der Waals surface area (Å²) in [6.07, 6.45) is 3.37. The molecule has 0 saturated carbocycles. The van der Waals surface area contributed by atoms with Crippen molar-refractivity contribution in [3.05, 3.63) is 84.7 Å². The fraction of sp³-hybridized carbons (Fsp3) is 0.0455. The van der Waals surface area contributed by atoms with Gasteiger partial charge >= 0.3 is 0 Å². The number of fused-ring (bicyclic) bond motifs is 1. The molecule has 0 spiro atoms. The second-order valence-corrected chi connectivity index (χ2v) is 6.09. The monoisotopic (exact) mass is 370 g/mol. The van der Waals surface area contributed by atoms with Gasteiger partial charge < -0.3 is 15.4 Å². The topological polar surface area (TPSA) is 76.1 Å². The summed E-state index contributed by atoms with van der Waals surface area (Å²) in [7, 11) is 1.54. The van der Waals surface area contributed by atoms with Gasteiger partial charge in [0.05, 0.1) is 35.8 Å². The third-order valence-corrected chi connectivity index (χ3v) is 4.27. The van der Waals surface area contributed by atoms with E-state index in [1.165, 1.54) is 7.11 Å². The summed E-state index contributed by atoms with van der Waals surface area (Å²) >= 11 is 0. The number of carbonyl (C=O) groups excluding carboxylic acids is 1. The molecule has 138 valence electrons. The van der Waals surface area contributed by atoms with E-state index in [9.17, 15) is 4.79 Å². The minimum absolute atomic E-state index is 0.252. The van der Waals surface area contributed by atoms with Crippen LogP contribution in [0.4, 0.5) is 17.2 Å². The number of aromatic nitrogens is 2. The number of benzene rings is 2. The van der Waals surface area contributed by atoms with E-state index in [0.29, 0.717) is 22.8 Å². The third-order valence-electron chi connectivity index (χ3n) is 4.27. The number of hydrogen-bond donors (Lipinski definition) is 2. The predicted octanol–water partition coefficient (Wildman–Crippen LogP) is 4.63. The molecule has 4 rings (SSSR count). The Balaban J connectivity index is 1.50. The van der Waals surface area contributed by atoms with Gasteiger partial charge in [0, 0.05) is 11.6 Å². The summed E-state index contributed by atoms with van der Waals surface area (Å²) in [5, 5.41) is 7.15. The molecule has 0 saturated heterocycles. The smallest absolute Gasteiger partial charge is 0.259 e. The van der Waals surface area contributed by atoms with E-state index in [1.807, 2.05) is 36.4 Å². The van der Waals surface area contributed by atoms with Crippen molar-refractivity contribution in [1.29, 1.82) is 0 Å². The molecule has 6 nitrogen and oxygen atoms in total. The van der Waals surface area contributed by atoms with Crippen molar-refractivity contribution in [3.8, 4) is 5.75 Å². The Hall–Kier alpha value is -3.93. The van der Waals surface area contributed by atoms with Gasteiger partial charge in [-0.1, -0.05) is 30.3 Å². The number of amides is 1. The molecule has 2 aromatic heterocycles. The lowest BCUT2D eigenvalue weighted by Crippen LogP contribution is -2.13. The molecule has 0 aliphatic rings. The maximum Gasteiger partial charge on any atom is 0.259 e. The van der Waals surface area contributed by atoms with E-state index < -0.39 is 0 Å². The number of ether oxygens (including phenoxy) is 1. The molecule has 6 heteroatoms. The lowest BCUT2D eigenvalue weighted by molar-refractivity contribution is 0.102. The molecule has 0 atom stereocenters. The van der Waals surface area contributed by atoms with Crippen molar-refractivity contribution >= 4 is 34.0 Å². The van der Waals surface area contributed by atoms with Crippen LogP contribution in [0, 0.1) is 0 Å². The van der Waals surface area contributed by atoms with Crippen LogP contribution in [0.5, 0.6) is 5.75 Å². The van der Waals surface area contributed by atoms with Gasteiger partial charge in [0.2, 0.25) is 0 Å². The van der Waals surface area contributed by atoms with Crippen molar-refractivity contribution in [2.24, 2.45) is 0 Å². The number of nitrogens with one attached hydrogen (secondary N) is 2. The lowest BCUT2D eigenvalue weighted by atomic mass is 10.2. The Morgan fingerprint density at radius 3 is 2.61 bits per heavy atom. The van der Waals surface area contributed by atoms with Gasteiger partial charge in [0.1, 0.15) is 11.6 Å². The molecular formula is C22H18N4O2. The zero-order valence-electron chi connectivity index (χ0n) is 15.2. The number of hydrogen-bond acceptors (Lipinski definition) is 5. The van der Waals surface area contributed by atoms with E-state index in [1.54, 1.807) is 42.7 Å². The quantitative estimate of drug-likeness (QED) is 0.535. The van der Waals surface area contributed by atoms with Crippen LogP contribution >= 0.6 is 0 Å². The minimum atomic E-state index is -0.252. The van der Waals surface area contributed by atoms with Gasteiger partial charge in [-0.25, -0.2) is 4.98 Å². The Morgan fingerprint density at radius 2 is 1.79 bits per heavy atom. The van der Waals surface area contributed by atoms with Crippen LogP contribution in [0.2, 0.25) is 0 Å². The molecule has 0 unspecified atom stereocenters. The summed E-state index contributed by atoms with van der Waals surface area (Å²) in [5.41, 5.74) is 2.81. The van der Waals surface area contributed by atoms with Gasteiger partial charge in [0.25, 0.3) is 5.91 Å². The number of rotatable bonds is 5. The first-order valence-corrected chi connectivity index (χ1v) is 8.76. The zero-order chi connectivity index (χ0) is 19.3. The van der Waals surface area contributed by atoms with Crippen LogP contribution < -0.4 is 15.4 Å². The maximum absolute atomic E-state index is 12.5. The minimum Gasteiger partial charge on any atom is -0.496 e. The lowest BCUT2D eigenvalue weighted by Gasteiger charge is -2.11. The fourth-order valence-corrected chi connectivity index (χ4v) is 2.92. The summed E-state index contributed by atoms with van der Waals surface area (Å²) in [4.78, 5) is 21.3. The molecule has 0 radical (unpaired) electrons. The van der Waals surface area contributed by atoms with Crippen molar-refractivity contribution in [2.75, 3.05) is 17.7 Å². The van der Waals surface area contributed by atoms with E-state index in [2.05, 4.69) is 20.6 Å². The van der Waals surface area contributed by atoms with E-state index >= 15 is 0 Å². The average Bonchev–Trinajstić information content (AvgIpc) is 2.75. The van der Waals surface area contributed by atoms with Crippen LogP contribution in [0.25, 0.3) is 10.9 Å². The molecule has 0 aliphatic carbocycles. The summed E-state index contributed by atoms with van der Waals surface area (Å²) in [6, 6.07) is 20.5. The summed E-state index contributed by atoms with van der Waals surface area (Å²) < 4.78 is 5.23. The zero-order valence-corrected chi connectivity index (χ0v) is 15.2. The number of carbonyl (C=O) groups is 1. The first-order chi connectivity index (χ1) is 13.7. The molecule has 2 aromatic carbocycles. The standard InChI is InChI=1S/C22H18N4O2/c1-28-19-10-3-2-8-17(19)22(27)25-16-11-12-20(24-14-16)26-18-9-4-6-15-7-5-13-23-21(15)18/h2-14H,1H3,(H,24,26)(H,25,27). The molecule has 4 aromatic rings. The SMILES string of the molecule is COc1ccccc1C(=O)Nc1ccc(Nc2cccc3cccnc23)nc1. The summed E-state index contributed by atoms with van der Waals surface area (Å²) in [6.45, 7) is 0. The molecule has 1 amide bonds. The Kier molecular flexibility index (Phi) is 4.84. The van der Waals surface area contributed by atoms with E-state index in [4.69, 9.17) is 4.74 Å². The fourth-order valence-electron chi connectivity index (χ4n) is 2.92. The van der Waals surface area contributed by atoms with Crippen LogP contribution in [-0.2, 0) is 0 Å². The largest absolute Gasteiger partial charge is 0.496 e. The Morgan fingerprint density at radius 1 is 0.929 bits per heavy atom. The van der Waals surface area contributed by atoms with E-state index in [-0.39, 0.29) is 5.91 Å². The van der Waals surface area contributed by atoms with Crippen LogP contribution in [0.3, 0.4) is 0 Å². The van der Waals surface area contributed by atoms with Crippen LogP contribution in [-0.4, -0.2) is 23.0 Å². The van der Waals surface area contributed by atoms with Gasteiger partial charge in [-0.05, 0) is 36.4 Å². The third kappa shape index (κ3) is 3.61. The summed E-state index contributed by atoms with van der Waals surface area (Å²) in [5.74, 6) is 0.932. The van der Waals surface area contributed by atoms with Crippen LogP contribution in [0.1, 0.15) is 10.4 Å². The van der Waals surface area contributed by atoms with Crippen molar-refractivity contribution < 1.29 is 9.53 Å². The average molecular weight is 370 g/mol. The Bertz CT molecular complexity index is 1120. The molecule has 0 aliphatic heterocycles. The first-order valence-electron chi connectivity index (χ1n) is 8.76. The van der Waals surface area contributed by atoms with Gasteiger partial charge in [-0.15, -0.1) is 0 Å². The number of nitrogens with zero attached hydrogens (tertiary/aromatic N) is 2. The van der Waals surface area contributed by atoms with E-state index in [0.717, 1.165) is 16.6 Å². The Labute approximate surface area is 162 Å². The molecule has 28 heavy (non-hydrogen) atoms. The molecular weight excluding hydrogens is 352 g/mol. The number of para-hydroxylation sites is 2. The second-order valence-electron chi connectivity index (χ2n) is 6.09. The van der Waals surface area contributed by atoms with Crippen molar-refractivity contribution in [1.82, 2.24) is 9.97 Å². The molecule has 0 bridgehead atoms. The maximum atomic E-state index is 12.5. The predicted molar refractivity (Wildman–Crippen MR) is 110 cm³/mol. The van der Waals surface area contributed by atoms with Gasteiger partial charge in [-0.3, -0.25) is 9.78 Å². The van der Waals surface area contributed by atoms with Gasteiger partial charge in [-0.2, -0.15) is 0 Å². The number of methoxy groups -OCH3 is 1. The highest BCUT2D eigenvalue weighted by molar-refractivity contribution is 6.06. The van der Waals surface area contributed by atoms with Gasteiger partial charge in [0.15, 0.2) is 0 Å². The van der Waals surface area contributed by atoms with Crippen molar-refractivity contribution in [2.45, 2.75) is 0 Å². The molecule has 2 N–H and O–H groups in total. The normalized spacial score (nSPS) is 10.5. The van der Waals surface area contributed by atoms with Crippen LogP contribution in [0.15, 0.2) is 79.1 Å². The first kappa shape index (κ1) is 17.5. The highest BCUT2D eigenvalue weighted by atomic mass is 16.5. The number of pyridine rings is 2. The highest BCUT2D eigenvalue weighted by Gasteiger charge is 2.12. The van der Waals surface area contributed by atoms with Crippen molar-refractivity contribution in [3.63, 3.8) is 0 Å². The number of anilines is 3.